The van der Waals surface area contributed by atoms with E-state index in [-0.39, 0.29) is 5.97 Å². The Morgan fingerprint density at radius 3 is 2.06 bits per heavy atom. The molecule has 0 atom stereocenters. The molecule has 0 spiro atoms. The monoisotopic (exact) mass is 260 g/mol. The predicted octanol–water partition coefficient (Wildman–Crippen LogP) is 2.94. The number of carbonyl (C=O) groups is 1. The molecular formula is C14H28O4. The number of esters is 1. The van der Waals surface area contributed by atoms with Crippen LogP contribution in [-0.4, -0.2) is 39.0 Å². The van der Waals surface area contributed by atoms with E-state index in [1.54, 1.807) is 6.92 Å². The van der Waals surface area contributed by atoms with Gasteiger partial charge >= 0.3 is 5.97 Å². The lowest BCUT2D eigenvalue weighted by molar-refractivity contribution is -0.144. The van der Waals surface area contributed by atoms with E-state index in [2.05, 4.69) is 6.92 Å². The van der Waals surface area contributed by atoms with Crippen LogP contribution in [0.3, 0.4) is 0 Å². The minimum Gasteiger partial charge on any atom is -0.463 e. The molecule has 0 radical (unpaired) electrons. The van der Waals surface area contributed by atoms with E-state index in [0.717, 1.165) is 13.0 Å². The molecule has 0 bridgehead atoms. The highest BCUT2D eigenvalue weighted by atomic mass is 16.6. The SMILES string of the molecule is CCCCCCCOCCOCCOC(=O)CC. The van der Waals surface area contributed by atoms with Gasteiger partial charge in [0.15, 0.2) is 0 Å². The highest BCUT2D eigenvalue weighted by Crippen LogP contribution is 2.02. The summed E-state index contributed by atoms with van der Waals surface area (Å²) >= 11 is 0. The van der Waals surface area contributed by atoms with Gasteiger partial charge in [-0.05, 0) is 6.42 Å². The van der Waals surface area contributed by atoms with Crippen LogP contribution in [0.4, 0.5) is 0 Å². The molecular weight excluding hydrogens is 232 g/mol. The van der Waals surface area contributed by atoms with Gasteiger partial charge in [-0.1, -0.05) is 39.5 Å². The molecule has 108 valence electrons. The van der Waals surface area contributed by atoms with Crippen molar-refractivity contribution >= 4 is 5.97 Å². The normalized spacial score (nSPS) is 10.6. The third-order valence-electron chi connectivity index (χ3n) is 2.54. The van der Waals surface area contributed by atoms with Gasteiger partial charge < -0.3 is 14.2 Å². The molecule has 4 heteroatoms. The Hall–Kier alpha value is -0.610. The molecule has 0 N–H and O–H groups in total. The van der Waals surface area contributed by atoms with Crippen LogP contribution in [0.2, 0.25) is 0 Å². The van der Waals surface area contributed by atoms with Gasteiger partial charge in [-0.2, -0.15) is 0 Å². The lowest BCUT2D eigenvalue weighted by Gasteiger charge is -2.06. The summed E-state index contributed by atoms with van der Waals surface area (Å²) in [5.41, 5.74) is 0. The third kappa shape index (κ3) is 13.5. The van der Waals surface area contributed by atoms with Crippen LogP contribution in [0.25, 0.3) is 0 Å². The second kappa shape index (κ2) is 14.5. The highest BCUT2D eigenvalue weighted by molar-refractivity contribution is 5.68. The fraction of sp³-hybridized carbons (Fsp3) is 0.929. The minimum absolute atomic E-state index is 0.179. The largest absolute Gasteiger partial charge is 0.463 e. The summed E-state index contributed by atoms with van der Waals surface area (Å²) in [7, 11) is 0. The molecule has 18 heavy (non-hydrogen) atoms. The predicted molar refractivity (Wildman–Crippen MR) is 71.6 cm³/mol. The van der Waals surface area contributed by atoms with Crippen molar-refractivity contribution in [1.82, 2.24) is 0 Å². The number of hydrogen-bond donors (Lipinski definition) is 0. The number of unbranched alkanes of at least 4 members (excludes halogenated alkanes) is 4. The first-order valence-electron chi connectivity index (χ1n) is 7.12. The number of hydrogen-bond acceptors (Lipinski definition) is 4. The Morgan fingerprint density at radius 1 is 0.778 bits per heavy atom. The molecule has 0 saturated heterocycles. The summed E-state index contributed by atoms with van der Waals surface area (Å²) in [5, 5.41) is 0. The van der Waals surface area contributed by atoms with Crippen molar-refractivity contribution in [3.63, 3.8) is 0 Å². The number of carbonyl (C=O) groups excluding carboxylic acids is 1. The van der Waals surface area contributed by atoms with E-state index < -0.39 is 0 Å². The average Bonchev–Trinajstić information content (AvgIpc) is 2.39. The van der Waals surface area contributed by atoms with Gasteiger partial charge in [0.05, 0.1) is 19.8 Å². The summed E-state index contributed by atoms with van der Waals surface area (Å²) in [4.78, 5) is 10.8. The molecule has 0 aromatic rings. The van der Waals surface area contributed by atoms with Gasteiger partial charge in [-0.15, -0.1) is 0 Å². The summed E-state index contributed by atoms with van der Waals surface area (Å²) < 4.78 is 15.6. The maximum atomic E-state index is 10.8. The molecule has 0 amide bonds. The second-order valence-corrected chi connectivity index (χ2v) is 4.21. The van der Waals surface area contributed by atoms with E-state index in [4.69, 9.17) is 14.2 Å². The van der Waals surface area contributed by atoms with Gasteiger partial charge in [0.1, 0.15) is 6.61 Å². The summed E-state index contributed by atoms with van der Waals surface area (Å²) in [5.74, 6) is -0.179. The number of ether oxygens (including phenoxy) is 3. The highest BCUT2D eigenvalue weighted by Gasteiger charge is 1.97. The fourth-order valence-corrected chi connectivity index (χ4v) is 1.45. The first kappa shape index (κ1) is 17.4. The molecule has 0 aromatic carbocycles. The molecule has 0 saturated carbocycles. The Morgan fingerprint density at radius 2 is 1.39 bits per heavy atom. The quantitative estimate of drug-likeness (QED) is 0.377. The smallest absolute Gasteiger partial charge is 0.305 e. The van der Waals surface area contributed by atoms with Crippen LogP contribution in [0.15, 0.2) is 0 Å². The van der Waals surface area contributed by atoms with Gasteiger partial charge in [-0.3, -0.25) is 4.79 Å². The molecule has 0 unspecified atom stereocenters. The molecule has 0 aliphatic rings. The van der Waals surface area contributed by atoms with Crippen LogP contribution in [0, 0.1) is 0 Å². The van der Waals surface area contributed by atoms with Gasteiger partial charge in [-0.25, -0.2) is 0 Å². The summed E-state index contributed by atoms with van der Waals surface area (Å²) in [6, 6.07) is 0. The topological polar surface area (TPSA) is 44.8 Å². The average molecular weight is 260 g/mol. The van der Waals surface area contributed by atoms with Crippen LogP contribution < -0.4 is 0 Å². The Kier molecular flexibility index (Phi) is 14.0. The van der Waals surface area contributed by atoms with Crippen LogP contribution in [-0.2, 0) is 19.0 Å². The van der Waals surface area contributed by atoms with Crippen molar-refractivity contribution in [2.45, 2.75) is 52.4 Å². The van der Waals surface area contributed by atoms with Gasteiger partial charge in [0.25, 0.3) is 0 Å². The van der Waals surface area contributed by atoms with Crippen molar-refractivity contribution in [2.24, 2.45) is 0 Å². The molecule has 0 aliphatic heterocycles. The van der Waals surface area contributed by atoms with Crippen molar-refractivity contribution in [3.8, 4) is 0 Å². The molecule has 0 heterocycles. The molecule has 4 nitrogen and oxygen atoms in total. The zero-order valence-electron chi connectivity index (χ0n) is 11.9. The van der Waals surface area contributed by atoms with Crippen LogP contribution in [0.1, 0.15) is 52.4 Å². The Balaban J connectivity index is 2.97. The lowest BCUT2D eigenvalue weighted by atomic mass is 10.2. The van der Waals surface area contributed by atoms with Crippen molar-refractivity contribution in [3.05, 3.63) is 0 Å². The van der Waals surface area contributed by atoms with Crippen molar-refractivity contribution in [1.29, 1.82) is 0 Å². The van der Waals surface area contributed by atoms with Crippen molar-refractivity contribution in [2.75, 3.05) is 33.0 Å². The van der Waals surface area contributed by atoms with Crippen LogP contribution in [0.5, 0.6) is 0 Å². The maximum Gasteiger partial charge on any atom is 0.305 e. The van der Waals surface area contributed by atoms with Crippen molar-refractivity contribution < 1.29 is 19.0 Å². The Bertz CT molecular complexity index is 183. The summed E-state index contributed by atoms with van der Waals surface area (Å²) in [6.07, 6.45) is 6.70. The zero-order chi connectivity index (χ0) is 13.5. The summed E-state index contributed by atoms with van der Waals surface area (Å²) in [6.45, 7) is 6.78. The first-order valence-corrected chi connectivity index (χ1v) is 7.12. The van der Waals surface area contributed by atoms with E-state index in [9.17, 15) is 4.79 Å². The van der Waals surface area contributed by atoms with Gasteiger partial charge in [0, 0.05) is 13.0 Å². The van der Waals surface area contributed by atoms with E-state index in [1.807, 2.05) is 0 Å². The first-order chi connectivity index (χ1) is 8.81. The number of rotatable bonds is 13. The van der Waals surface area contributed by atoms with E-state index >= 15 is 0 Å². The van der Waals surface area contributed by atoms with E-state index in [1.165, 1.54) is 25.7 Å². The molecule has 0 aromatic heterocycles. The van der Waals surface area contributed by atoms with Crippen LogP contribution >= 0.6 is 0 Å². The lowest BCUT2D eigenvalue weighted by Crippen LogP contribution is -2.12. The second-order valence-electron chi connectivity index (χ2n) is 4.21. The maximum absolute atomic E-state index is 10.8. The minimum atomic E-state index is -0.179. The Labute approximate surface area is 111 Å². The molecule has 0 aliphatic carbocycles. The third-order valence-corrected chi connectivity index (χ3v) is 2.54. The van der Waals surface area contributed by atoms with E-state index in [0.29, 0.717) is 32.8 Å². The zero-order valence-corrected chi connectivity index (χ0v) is 11.9. The van der Waals surface area contributed by atoms with Gasteiger partial charge in [0.2, 0.25) is 0 Å². The molecule has 0 fully saturated rings. The molecule has 0 rings (SSSR count). The fourth-order valence-electron chi connectivity index (χ4n) is 1.45. The standard InChI is InChI=1S/C14H28O4/c1-3-5-6-7-8-9-16-10-11-17-12-13-18-14(15)4-2/h3-13H2,1-2H3.